The van der Waals surface area contributed by atoms with Crippen LogP contribution >= 0.6 is 12.2 Å². The first-order chi connectivity index (χ1) is 15.1. The Hall–Kier alpha value is -2.75. The van der Waals surface area contributed by atoms with Gasteiger partial charge in [-0.2, -0.15) is 5.10 Å². The summed E-state index contributed by atoms with van der Waals surface area (Å²) in [6.07, 6.45) is 1.75. The fourth-order valence-corrected chi connectivity index (χ4v) is 3.96. The van der Waals surface area contributed by atoms with Gasteiger partial charge < -0.3 is 9.47 Å². The van der Waals surface area contributed by atoms with E-state index in [0.29, 0.717) is 11.4 Å². The smallest absolute Gasteiger partial charge is 0.203 e. The lowest BCUT2D eigenvalue weighted by Gasteiger charge is -2.34. The highest BCUT2D eigenvalue weighted by Gasteiger charge is 2.18. The zero-order valence-corrected chi connectivity index (χ0v) is 18.5. The molecule has 1 saturated heterocycles. The number of hydrogen-bond acceptors (Lipinski definition) is 6. The minimum atomic E-state index is -0.319. The lowest BCUT2D eigenvalue weighted by atomic mass is 10.2. The Morgan fingerprint density at radius 1 is 0.968 bits per heavy atom. The number of hydrogen-bond donors (Lipinski definition) is 0. The monoisotopic (exact) mass is 443 g/mol. The number of aromatic nitrogens is 3. The summed E-state index contributed by atoms with van der Waals surface area (Å²) in [4.78, 5) is 4.65. The summed E-state index contributed by atoms with van der Waals surface area (Å²) in [6, 6.07) is 12.9. The van der Waals surface area contributed by atoms with Crippen molar-refractivity contribution in [2.75, 3.05) is 40.4 Å². The zero-order chi connectivity index (χ0) is 21.8. The van der Waals surface area contributed by atoms with Crippen molar-refractivity contribution in [2.24, 2.45) is 0 Å². The first kappa shape index (κ1) is 21.5. The summed E-state index contributed by atoms with van der Waals surface area (Å²) in [6.45, 7) is 4.97. The molecule has 0 N–H and O–H groups in total. The van der Waals surface area contributed by atoms with Crippen LogP contribution in [-0.4, -0.2) is 64.5 Å². The summed E-state index contributed by atoms with van der Waals surface area (Å²) < 4.78 is 28.5. The molecule has 9 heteroatoms. The fraction of sp³-hybridized carbons (Fsp3) is 0.364. The number of ether oxygens (including phenoxy) is 2. The molecule has 0 bridgehead atoms. The molecule has 1 aromatic heterocycles. The highest BCUT2D eigenvalue weighted by atomic mass is 32.1. The van der Waals surface area contributed by atoms with Crippen molar-refractivity contribution in [3.8, 4) is 17.2 Å². The van der Waals surface area contributed by atoms with Crippen LogP contribution in [0.5, 0.6) is 11.5 Å². The van der Waals surface area contributed by atoms with Gasteiger partial charge in [-0.1, -0.05) is 6.07 Å². The predicted octanol–water partition coefficient (Wildman–Crippen LogP) is 3.33. The van der Waals surface area contributed by atoms with E-state index in [1.807, 2.05) is 39.6 Å². The number of piperazine rings is 1. The van der Waals surface area contributed by atoms with Crippen molar-refractivity contribution in [1.82, 2.24) is 24.1 Å². The molecular formula is C22H26FN5O2S. The molecule has 1 aliphatic rings. The first-order valence-electron chi connectivity index (χ1n) is 10.1. The maximum atomic E-state index is 13.9. The summed E-state index contributed by atoms with van der Waals surface area (Å²) in [5.41, 5.74) is 1.90. The van der Waals surface area contributed by atoms with Gasteiger partial charge in [-0.25, -0.2) is 9.07 Å². The van der Waals surface area contributed by atoms with E-state index in [0.717, 1.165) is 49.7 Å². The van der Waals surface area contributed by atoms with E-state index < -0.39 is 0 Å². The summed E-state index contributed by atoms with van der Waals surface area (Å²) >= 11 is 5.63. The van der Waals surface area contributed by atoms with E-state index >= 15 is 0 Å². The molecule has 0 amide bonds. The van der Waals surface area contributed by atoms with E-state index in [4.69, 9.17) is 21.7 Å². The van der Waals surface area contributed by atoms with Crippen molar-refractivity contribution >= 4 is 12.2 Å². The highest BCUT2D eigenvalue weighted by Crippen LogP contribution is 2.19. The Morgan fingerprint density at radius 3 is 2.32 bits per heavy atom. The van der Waals surface area contributed by atoms with Crippen LogP contribution in [0.4, 0.5) is 4.39 Å². The van der Waals surface area contributed by atoms with Gasteiger partial charge in [-0.15, -0.1) is 0 Å². The third-order valence-corrected chi connectivity index (χ3v) is 5.91. The van der Waals surface area contributed by atoms with Gasteiger partial charge in [-0.3, -0.25) is 14.4 Å². The molecular weight excluding hydrogens is 417 g/mol. The summed E-state index contributed by atoms with van der Waals surface area (Å²) in [5, 5.41) is 4.48. The normalized spacial score (nSPS) is 15.2. The quantitative estimate of drug-likeness (QED) is 0.522. The molecule has 2 aromatic carbocycles. The van der Waals surface area contributed by atoms with Crippen molar-refractivity contribution in [1.29, 1.82) is 0 Å². The van der Waals surface area contributed by atoms with Gasteiger partial charge in [0, 0.05) is 38.4 Å². The van der Waals surface area contributed by atoms with Crippen LogP contribution in [0.2, 0.25) is 0 Å². The van der Waals surface area contributed by atoms with Gasteiger partial charge in [0.2, 0.25) is 4.77 Å². The van der Waals surface area contributed by atoms with E-state index in [1.165, 1.54) is 7.11 Å². The maximum absolute atomic E-state index is 13.9. The second-order valence-corrected chi connectivity index (χ2v) is 7.85. The van der Waals surface area contributed by atoms with Crippen LogP contribution in [0.15, 0.2) is 48.8 Å². The molecule has 3 aromatic rings. The number of halogens is 1. The molecule has 1 aliphatic heterocycles. The Labute approximate surface area is 186 Å². The maximum Gasteiger partial charge on any atom is 0.203 e. The number of nitrogens with zero attached hydrogens (tertiary/aromatic N) is 5. The minimum Gasteiger partial charge on any atom is -0.497 e. The highest BCUT2D eigenvalue weighted by molar-refractivity contribution is 7.71. The Morgan fingerprint density at radius 2 is 1.68 bits per heavy atom. The molecule has 2 heterocycles. The molecule has 7 nitrogen and oxygen atoms in total. The van der Waals surface area contributed by atoms with E-state index in [2.05, 4.69) is 14.9 Å². The summed E-state index contributed by atoms with van der Waals surface area (Å²) in [7, 11) is 3.12. The Bertz CT molecular complexity index is 1070. The molecule has 1 fully saturated rings. The number of methoxy groups -OCH3 is 2. The molecule has 31 heavy (non-hydrogen) atoms. The predicted molar refractivity (Wildman–Crippen MR) is 119 cm³/mol. The van der Waals surface area contributed by atoms with Crippen LogP contribution in [-0.2, 0) is 13.2 Å². The van der Waals surface area contributed by atoms with Crippen LogP contribution in [0, 0.1) is 10.6 Å². The summed E-state index contributed by atoms with van der Waals surface area (Å²) in [5.74, 6) is 0.762. The van der Waals surface area contributed by atoms with Gasteiger partial charge >= 0.3 is 0 Å². The van der Waals surface area contributed by atoms with Crippen molar-refractivity contribution in [3.05, 3.63) is 64.9 Å². The third-order valence-electron chi connectivity index (χ3n) is 5.51. The average Bonchev–Trinajstić information content (AvgIpc) is 3.15. The van der Waals surface area contributed by atoms with Gasteiger partial charge in [0.05, 0.1) is 20.9 Å². The van der Waals surface area contributed by atoms with Crippen LogP contribution in [0.3, 0.4) is 0 Å². The standard InChI is InChI=1S/C22H26FN5O2S/c1-29-19-6-4-18(5-7-19)27-15-24-28(22(27)31)16-26-11-9-25(10-12-26)14-17-3-8-21(30-2)20(23)13-17/h3-8,13,15H,9-12,14,16H2,1-2H3. The van der Waals surface area contributed by atoms with Gasteiger partial charge in [0.25, 0.3) is 0 Å². The van der Waals surface area contributed by atoms with E-state index in [1.54, 1.807) is 25.6 Å². The van der Waals surface area contributed by atoms with E-state index in [9.17, 15) is 4.39 Å². The zero-order valence-electron chi connectivity index (χ0n) is 17.7. The minimum absolute atomic E-state index is 0.277. The molecule has 4 rings (SSSR count). The van der Waals surface area contributed by atoms with Crippen molar-refractivity contribution in [2.45, 2.75) is 13.2 Å². The van der Waals surface area contributed by atoms with Gasteiger partial charge in [0.1, 0.15) is 12.1 Å². The second-order valence-electron chi connectivity index (χ2n) is 7.49. The van der Waals surface area contributed by atoms with Crippen LogP contribution in [0.25, 0.3) is 5.69 Å². The molecule has 0 spiro atoms. The lowest BCUT2D eigenvalue weighted by Crippen LogP contribution is -2.46. The lowest BCUT2D eigenvalue weighted by molar-refractivity contribution is 0.0980. The SMILES string of the molecule is COc1ccc(-n2cnn(CN3CCN(Cc4ccc(OC)c(F)c4)CC3)c2=S)cc1. The number of benzene rings is 2. The Kier molecular flexibility index (Phi) is 6.64. The molecule has 0 unspecified atom stereocenters. The van der Waals surface area contributed by atoms with Gasteiger partial charge in [0.15, 0.2) is 11.6 Å². The third kappa shape index (κ3) is 4.95. The molecule has 0 saturated carbocycles. The first-order valence-corrected chi connectivity index (χ1v) is 10.5. The van der Waals surface area contributed by atoms with Crippen molar-refractivity contribution in [3.63, 3.8) is 0 Å². The van der Waals surface area contributed by atoms with Crippen LogP contribution < -0.4 is 9.47 Å². The number of rotatable bonds is 7. The Balaban J connectivity index is 1.33. The topological polar surface area (TPSA) is 47.7 Å². The van der Waals surface area contributed by atoms with Crippen LogP contribution in [0.1, 0.15) is 5.56 Å². The van der Waals surface area contributed by atoms with Gasteiger partial charge in [-0.05, 0) is 54.2 Å². The molecule has 0 radical (unpaired) electrons. The molecule has 164 valence electrons. The molecule has 0 atom stereocenters. The fourth-order valence-electron chi connectivity index (χ4n) is 3.70. The van der Waals surface area contributed by atoms with Crippen molar-refractivity contribution < 1.29 is 13.9 Å². The molecule has 0 aliphatic carbocycles. The average molecular weight is 444 g/mol. The second kappa shape index (κ2) is 9.59. The van der Waals surface area contributed by atoms with E-state index in [-0.39, 0.29) is 11.6 Å². The largest absolute Gasteiger partial charge is 0.497 e.